The molecule has 0 aliphatic heterocycles. The van der Waals surface area contributed by atoms with Crippen molar-refractivity contribution in [2.45, 2.75) is 32.8 Å². The van der Waals surface area contributed by atoms with Gasteiger partial charge in [-0.05, 0) is 32.9 Å². The number of alkyl carbamates (subject to hydrolysis) is 1. The lowest BCUT2D eigenvalue weighted by atomic mass is 10.1. The second-order valence-corrected chi connectivity index (χ2v) is 5.49. The lowest BCUT2D eigenvalue weighted by Crippen LogP contribution is -2.33. The van der Waals surface area contributed by atoms with Crippen molar-refractivity contribution in [1.82, 2.24) is 5.32 Å². The Labute approximate surface area is 118 Å². The van der Waals surface area contributed by atoms with E-state index >= 15 is 0 Å². The molecule has 0 bridgehead atoms. The Morgan fingerprint density at radius 1 is 1.26 bits per heavy atom. The van der Waals surface area contributed by atoms with Gasteiger partial charge in [-0.25, -0.2) is 4.79 Å². The van der Waals surface area contributed by atoms with Gasteiger partial charge < -0.3 is 10.1 Å². The molecule has 1 aromatic carbocycles. The average Bonchev–Trinajstić information content (AvgIpc) is 2.26. The first kappa shape index (κ1) is 15.5. The fraction of sp³-hybridized carbons (Fsp3) is 0.429. The Balaban J connectivity index is 2.40. The zero-order valence-corrected chi connectivity index (χ0v) is 12.1. The van der Waals surface area contributed by atoms with E-state index in [4.69, 9.17) is 16.3 Å². The quantitative estimate of drug-likeness (QED) is 0.861. The zero-order chi connectivity index (χ0) is 14.5. The van der Waals surface area contributed by atoms with Crippen LogP contribution >= 0.6 is 11.6 Å². The van der Waals surface area contributed by atoms with Gasteiger partial charge in [0.2, 0.25) is 0 Å². The Morgan fingerprint density at radius 2 is 1.89 bits per heavy atom. The van der Waals surface area contributed by atoms with E-state index in [2.05, 4.69) is 5.32 Å². The Bertz CT molecular complexity index is 466. The number of carbonyl (C=O) groups excluding carboxylic acids is 2. The molecule has 0 atom stereocenters. The van der Waals surface area contributed by atoms with Gasteiger partial charge >= 0.3 is 6.09 Å². The third kappa shape index (κ3) is 5.75. The molecule has 0 aliphatic rings. The largest absolute Gasteiger partial charge is 0.444 e. The summed E-state index contributed by atoms with van der Waals surface area (Å²) in [4.78, 5) is 23.2. The first-order chi connectivity index (χ1) is 8.79. The molecule has 0 aromatic heterocycles. The molecule has 0 fully saturated rings. The molecule has 0 saturated heterocycles. The molecule has 1 rings (SSSR count). The smallest absolute Gasteiger partial charge is 0.407 e. The molecule has 1 N–H and O–H groups in total. The summed E-state index contributed by atoms with van der Waals surface area (Å²) >= 11 is 5.91. The van der Waals surface area contributed by atoms with Crippen LogP contribution in [0.15, 0.2) is 24.3 Å². The first-order valence-corrected chi connectivity index (χ1v) is 6.42. The van der Waals surface area contributed by atoms with Gasteiger partial charge in [-0.2, -0.15) is 0 Å². The van der Waals surface area contributed by atoms with Crippen LogP contribution in [0.5, 0.6) is 0 Å². The van der Waals surface area contributed by atoms with Crippen molar-refractivity contribution >= 4 is 23.5 Å². The van der Waals surface area contributed by atoms with Gasteiger partial charge in [0.05, 0.1) is 5.02 Å². The molecular formula is C14H18ClNO3. The summed E-state index contributed by atoms with van der Waals surface area (Å²) in [5.74, 6) is -0.110. The fourth-order valence-electron chi connectivity index (χ4n) is 1.41. The summed E-state index contributed by atoms with van der Waals surface area (Å²) in [7, 11) is 0. The van der Waals surface area contributed by atoms with Crippen molar-refractivity contribution in [2.24, 2.45) is 0 Å². The Morgan fingerprint density at radius 3 is 2.47 bits per heavy atom. The molecule has 0 saturated carbocycles. The minimum absolute atomic E-state index is 0.110. The number of nitrogens with one attached hydrogen (secondary N) is 1. The van der Waals surface area contributed by atoms with Crippen molar-refractivity contribution < 1.29 is 14.3 Å². The number of ketones is 1. The molecule has 0 unspecified atom stereocenters. The second-order valence-electron chi connectivity index (χ2n) is 5.08. The van der Waals surface area contributed by atoms with Gasteiger partial charge in [-0.15, -0.1) is 0 Å². The van der Waals surface area contributed by atoms with Gasteiger partial charge in [0.1, 0.15) is 5.60 Å². The molecule has 104 valence electrons. The van der Waals surface area contributed by atoms with Crippen molar-refractivity contribution in [3.05, 3.63) is 34.9 Å². The van der Waals surface area contributed by atoms with Gasteiger partial charge in [0.25, 0.3) is 0 Å². The first-order valence-electron chi connectivity index (χ1n) is 6.04. The van der Waals surface area contributed by atoms with Gasteiger partial charge in [0, 0.05) is 18.5 Å². The Kier molecular flexibility index (Phi) is 5.36. The van der Waals surface area contributed by atoms with E-state index in [1.165, 1.54) is 0 Å². The third-order valence-electron chi connectivity index (χ3n) is 2.19. The van der Waals surface area contributed by atoms with Crippen LogP contribution in [0, 0.1) is 0 Å². The molecule has 1 aromatic rings. The van der Waals surface area contributed by atoms with Crippen molar-refractivity contribution in [1.29, 1.82) is 0 Å². The van der Waals surface area contributed by atoms with Crippen molar-refractivity contribution in [2.75, 3.05) is 6.54 Å². The third-order valence-corrected chi connectivity index (χ3v) is 2.52. The number of ether oxygens (including phenoxy) is 1. The number of carbonyl (C=O) groups is 2. The van der Waals surface area contributed by atoms with Crippen LogP contribution in [0.1, 0.15) is 37.6 Å². The lowest BCUT2D eigenvalue weighted by Gasteiger charge is -2.19. The standard InChI is InChI=1S/C14H18ClNO3/c1-14(2,3)19-13(18)16-9-8-12(17)10-6-4-5-7-11(10)15/h4-7H,8-9H2,1-3H3,(H,16,18). The summed E-state index contributed by atoms with van der Waals surface area (Å²) in [5.41, 5.74) is -0.0771. The molecule has 0 spiro atoms. The van der Waals surface area contributed by atoms with Crippen LogP contribution < -0.4 is 5.32 Å². The molecule has 19 heavy (non-hydrogen) atoms. The second kappa shape index (κ2) is 6.57. The highest BCUT2D eigenvalue weighted by Crippen LogP contribution is 2.16. The number of benzene rings is 1. The molecule has 0 aliphatic carbocycles. The van der Waals surface area contributed by atoms with E-state index in [9.17, 15) is 9.59 Å². The Hall–Kier alpha value is -1.55. The van der Waals surface area contributed by atoms with Crippen LogP contribution in [0.4, 0.5) is 4.79 Å². The number of halogens is 1. The number of amides is 1. The molecule has 5 heteroatoms. The molecule has 0 radical (unpaired) electrons. The number of hydrogen-bond donors (Lipinski definition) is 1. The highest BCUT2D eigenvalue weighted by Gasteiger charge is 2.16. The normalized spacial score (nSPS) is 10.9. The van der Waals surface area contributed by atoms with E-state index in [1.807, 2.05) is 0 Å². The van der Waals surface area contributed by atoms with Crippen molar-refractivity contribution in [3.8, 4) is 0 Å². The summed E-state index contributed by atoms with van der Waals surface area (Å²) in [6, 6.07) is 6.84. The summed E-state index contributed by atoms with van der Waals surface area (Å²) < 4.78 is 5.06. The average molecular weight is 284 g/mol. The minimum Gasteiger partial charge on any atom is -0.444 e. The highest BCUT2D eigenvalue weighted by molar-refractivity contribution is 6.33. The van der Waals surface area contributed by atoms with Crippen LogP contribution in [0.2, 0.25) is 5.02 Å². The SMILES string of the molecule is CC(C)(C)OC(=O)NCCC(=O)c1ccccc1Cl. The maximum atomic E-state index is 11.9. The summed E-state index contributed by atoms with van der Waals surface area (Å²) in [6.45, 7) is 5.56. The molecular weight excluding hydrogens is 266 g/mol. The van der Waals surface area contributed by atoms with Crippen LogP contribution in [-0.2, 0) is 4.74 Å². The van der Waals surface area contributed by atoms with Crippen LogP contribution in [-0.4, -0.2) is 24.0 Å². The predicted octanol–water partition coefficient (Wildman–Crippen LogP) is 3.44. The van der Waals surface area contributed by atoms with Gasteiger partial charge in [0.15, 0.2) is 5.78 Å². The van der Waals surface area contributed by atoms with E-state index in [1.54, 1.807) is 45.0 Å². The molecule has 4 nitrogen and oxygen atoms in total. The van der Waals surface area contributed by atoms with E-state index in [0.717, 1.165) is 0 Å². The van der Waals surface area contributed by atoms with Gasteiger partial charge in [-0.3, -0.25) is 4.79 Å². The monoisotopic (exact) mass is 283 g/mol. The lowest BCUT2D eigenvalue weighted by molar-refractivity contribution is 0.0527. The van der Waals surface area contributed by atoms with E-state index < -0.39 is 11.7 Å². The highest BCUT2D eigenvalue weighted by atomic mass is 35.5. The fourth-order valence-corrected chi connectivity index (χ4v) is 1.66. The maximum Gasteiger partial charge on any atom is 0.407 e. The summed E-state index contributed by atoms with van der Waals surface area (Å²) in [6.07, 6.45) is -0.345. The van der Waals surface area contributed by atoms with Gasteiger partial charge in [-0.1, -0.05) is 23.7 Å². The topological polar surface area (TPSA) is 55.4 Å². The zero-order valence-electron chi connectivity index (χ0n) is 11.3. The van der Waals surface area contributed by atoms with E-state index in [0.29, 0.717) is 10.6 Å². The molecule has 0 heterocycles. The van der Waals surface area contributed by atoms with Crippen molar-refractivity contribution in [3.63, 3.8) is 0 Å². The summed E-state index contributed by atoms with van der Waals surface area (Å²) in [5, 5.41) is 2.96. The van der Waals surface area contributed by atoms with Crippen LogP contribution in [0.25, 0.3) is 0 Å². The minimum atomic E-state index is -0.545. The predicted molar refractivity (Wildman–Crippen MR) is 74.6 cm³/mol. The molecule has 1 amide bonds. The maximum absolute atomic E-state index is 11.9. The number of rotatable bonds is 4. The van der Waals surface area contributed by atoms with Crippen LogP contribution in [0.3, 0.4) is 0 Å². The van der Waals surface area contributed by atoms with E-state index in [-0.39, 0.29) is 18.7 Å². The number of hydrogen-bond acceptors (Lipinski definition) is 3. The number of Topliss-reactive ketones (excluding diaryl/α,β-unsaturated/α-hetero) is 1.